The molecule has 2 rings (SSSR count). The molecule has 1 unspecified atom stereocenters. The molecule has 0 radical (unpaired) electrons. The molecule has 0 bridgehead atoms. The molecule has 0 spiro atoms. The van der Waals surface area contributed by atoms with E-state index < -0.39 is 11.6 Å². The molecular weight excluding hydrogens is 330 g/mol. The standard InChI is InChI=1S/C14H15BrF2N2O/c1-3-4-18-8(2)14-19-7-12(20-14)13-10(16)5-9(15)6-11(13)17/h5-8,18H,3-4H2,1-2H3. The zero-order valence-electron chi connectivity index (χ0n) is 11.2. The summed E-state index contributed by atoms with van der Waals surface area (Å²) in [5.41, 5.74) is -0.199. The Morgan fingerprint density at radius 3 is 2.60 bits per heavy atom. The largest absolute Gasteiger partial charge is 0.439 e. The Hall–Kier alpha value is -1.27. The van der Waals surface area contributed by atoms with Gasteiger partial charge in [0, 0.05) is 4.47 Å². The number of aromatic nitrogens is 1. The SMILES string of the molecule is CCCNC(C)c1ncc(-c2c(F)cc(Br)cc2F)o1. The number of nitrogens with one attached hydrogen (secondary N) is 1. The van der Waals surface area contributed by atoms with Crippen LogP contribution in [0.2, 0.25) is 0 Å². The summed E-state index contributed by atoms with van der Waals surface area (Å²) in [5.74, 6) is -0.870. The summed E-state index contributed by atoms with van der Waals surface area (Å²) < 4.78 is 33.5. The molecule has 20 heavy (non-hydrogen) atoms. The van der Waals surface area contributed by atoms with Gasteiger partial charge in [-0.05, 0) is 32.0 Å². The highest BCUT2D eigenvalue weighted by Crippen LogP contribution is 2.30. The predicted molar refractivity (Wildman–Crippen MR) is 76.3 cm³/mol. The molecule has 1 aromatic heterocycles. The Balaban J connectivity index is 2.29. The van der Waals surface area contributed by atoms with Gasteiger partial charge < -0.3 is 9.73 Å². The van der Waals surface area contributed by atoms with Crippen molar-refractivity contribution in [2.24, 2.45) is 0 Å². The first kappa shape index (κ1) is 15.1. The first-order valence-corrected chi connectivity index (χ1v) is 7.16. The van der Waals surface area contributed by atoms with Crippen LogP contribution in [0.4, 0.5) is 8.78 Å². The van der Waals surface area contributed by atoms with E-state index >= 15 is 0 Å². The van der Waals surface area contributed by atoms with Crippen molar-refractivity contribution in [3.05, 3.63) is 40.3 Å². The van der Waals surface area contributed by atoms with Crippen LogP contribution in [-0.2, 0) is 0 Å². The van der Waals surface area contributed by atoms with Gasteiger partial charge in [-0.1, -0.05) is 22.9 Å². The third-order valence-electron chi connectivity index (χ3n) is 2.85. The summed E-state index contributed by atoms with van der Waals surface area (Å²) in [7, 11) is 0. The van der Waals surface area contributed by atoms with Crippen molar-refractivity contribution in [2.75, 3.05) is 6.54 Å². The molecule has 0 fully saturated rings. The van der Waals surface area contributed by atoms with E-state index in [1.165, 1.54) is 18.3 Å². The van der Waals surface area contributed by atoms with E-state index in [0.29, 0.717) is 10.4 Å². The molecule has 0 aliphatic rings. The first-order valence-electron chi connectivity index (χ1n) is 6.37. The van der Waals surface area contributed by atoms with Crippen molar-refractivity contribution in [3.8, 4) is 11.3 Å². The summed E-state index contributed by atoms with van der Waals surface area (Å²) in [6.07, 6.45) is 2.32. The monoisotopic (exact) mass is 344 g/mol. The van der Waals surface area contributed by atoms with Gasteiger partial charge in [-0.15, -0.1) is 0 Å². The minimum atomic E-state index is -0.686. The number of rotatable bonds is 5. The second kappa shape index (κ2) is 6.45. The zero-order valence-corrected chi connectivity index (χ0v) is 12.8. The Kier molecular flexibility index (Phi) is 4.88. The molecule has 1 heterocycles. The van der Waals surface area contributed by atoms with E-state index in [9.17, 15) is 8.78 Å². The normalized spacial score (nSPS) is 12.7. The second-order valence-electron chi connectivity index (χ2n) is 4.48. The van der Waals surface area contributed by atoms with Gasteiger partial charge in [0.05, 0.1) is 17.8 Å². The molecule has 0 saturated heterocycles. The van der Waals surface area contributed by atoms with Crippen molar-refractivity contribution in [2.45, 2.75) is 26.3 Å². The molecule has 1 atom stereocenters. The van der Waals surface area contributed by atoms with Crippen LogP contribution in [0, 0.1) is 11.6 Å². The molecule has 0 saturated carbocycles. The van der Waals surface area contributed by atoms with E-state index in [1.54, 1.807) is 0 Å². The van der Waals surface area contributed by atoms with Crippen LogP contribution in [0.15, 0.2) is 27.2 Å². The van der Waals surface area contributed by atoms with E-state index in [4.69, 9.17) is 4.42 Å². The summed E-state index contributed by atoms with van der Waals surface area (Å²) in [4.78, 5) is 4.08. The van der Waals surface area contributed by atoms with Crippen LogP contribution in [0.1, 0.15) is 32.2 Å². The van der Waals surface area contributed by atoms with Crippen LogP contribution in [0.25, 0.3) is 11.3 Å². The number of hydrogen-bond donors (Lipinski definition) is 1. The minimum Gasteiger partial charge on any atom is -0.439 e. The lowest BCUT2D eigenvalue weighted by molar-refractivity contribution is 0.420. The van der Waals surface area contributed by atoms with E-state index in [-0.39, 0.29) is 17.4 Å². The van der Waals surface area contributed by atoms with Gasteiger partial charge in [0.15, 0.2) is 5.76 Å². The van der Waals surface area contributed by atoms with Gasteiger partial charge >= 0.3 is 0 Å². The third kappa shape index (κ3) is 3.24. The van der Waals surface area contributed by atoms with Crippen molar-refractivity contribution >= 4 is 15.9 Å². The number of oxazole rings is 1. The third-order valence-corrected chi connectivity index (χ3v) is 3.31. The quantitative estimate of drug-likeness (QED) is 0.871. The first-order chi connectivity index (χ1) is 9.52. The fourth-order valence-corrected chi connectivity index (χ4v) is 2.23. The molecule has 6 heteroatoms. The Morgan fingerprint density at radius 1 is 1.35 bits per heavy atom. The van der Waals surface area contributed by atoms with Crippen LogP contribution in [0.3, 0.4) is 0 Å². The maximum absolute atomic E-state index is 13.8. The lowest BCUT2D eigenvalue weighted by Gasteiger charge is -2.08. The van der Waals surface area contributed by atoms with Gasteiger partial charge in [0.1, 0.15) is 11.6 Å². The number of benzene rings is 1. The summed E-state index contributed by atoms with van der Waals surface area (Å²) >= 11 is 3.04. The lowest BCUT2D eigenvalue weighted by Crippen LogP contribution is -2.19. The maximum atomic E-state index is 13.8. The molecule has 1 aromatic carbocycles. The van der Waals surface area contributed by atoms with Crippen molar-refractivity contribution in [3.63, 3.8) is 0 Å². The van der Waals surface area contributed by atoms with Gasteiger partial charge in [-0.3, -0.25) is 0 Å². The predicted octanol–water partition coefficient (Wildman–Crippen LogP) is 4.44. The Morgan fingerprint density at radius 2 is 2.00 bits per heavy atom. The average molecular weight is 345 g/mol. The molecule has 0 amide bonds. The zero-order chi connectivity index (χ0) is 14.7. The highest BCUT2D eigenvalue weighted by Gasteiger charge is 2.19. The van der Waals surface area contributed by atoms with Crippen molar-refractivity contribution in [1.29, 1.82) is 0 Å². The summed E-state index contributed by atoms with van der Waals surface area (Å²) in [6.45, 7) is 4.76. The van der Waals surface area contributed by atoms with Gasteiger partial charge in [-0.2, -0.15) is 0 Å². The lowest BCUT2D eigenvalue weighted by atomic mass is 10.1. The van der Waals surface area contributed by atoms with Gasteiger partial charge in [0.2, 0.25) is 5.89 Å². The number of halogens is 3. The molecule has 3 nitrogen and oxygen atoms in total. The van der Waals surface area contributed by atoms with Crippen molar-refractivity contribution < 1.29 is 13.2 Å². The fourth-order valence-electron chi connectivity index (χ4n) is 1.83. The second-order valence-corrected chi connectivity index (χ2v) is 5.40. The van der Waals surface area contributed by atoms with E-state index in [1.807, 2.05) is 13.8 Å². The Labute approximate surface area is 124 Å². The van der Waals surface area contributed by atoms with Crippen LogP contribution in [0.5, 0.6) is 0 Å². The van der Waals surface area contributed by atoms with E-state index in [0.717, 1.165) is 13.0 Å². The average Bonchev–Trinajstić information content (AvgIpc) is 2.84. The molecule has 0 aliphatic carbocycles. The Bertz CT molecular complexity index is 578. The van der Waals surface area contributed by atoms with Crippen molar-refractivity contribution in [1.82, 2.24) is 10.3 Å². The highest BCUT2D eigenvalue weighted by molar-refractivity contribution is 9.10. The molecular formula is C14H15BrF2N2O. The summed E-state index contributed by atoms with van der Waals surface area (Å²) in [6, 6.07) is 2.28. The van der Waals surface area contributed by atoms with Crippen LogP contribution in [-0.4, -0.2) is 11.5 Å². The maximum Gasteiger partial charge on any atom is 0.211 e. The highest BCUT2D eigenvalue weighted by atomic mass is 79.9. The van der Waals surface area contributed by atoms with Crippen LogP contribution < -0.4 is 5.32 Å². The summed E-state index contributed by atoms with van der Waals surface area (Å²) in [5, 5.41) is 3.20. The molecule has 0 aliphatic heterocycles. The topological polar surface area (TPSA) is 38.1 Å². The minimum absolute atomic E-state index is 0.0904. The van der Waals surface area contributed by atoms with Crippen LogP contribution >= 0.6 is 15.9 Å². The molecule has 2 aromatic rings. The molecule has 108 valence electrons. The fraction of sp³-hybridized carbons (Fsp3) is 0.357. The molecule has 1 N–H and O–H groups in total. The van der Waals surface area contributed by atoms with E-state index in [2.05, 4.69) is 26.2 Å². The smallest absolute Gasteiger partial charge is 0.211 e. The number of hydrogen-bond acceptors (Lipinski definition) is 3. The van der Waals surface area contributed by atoms with Gasteiger partial charge in [-0.25, -0.2) is 13.8 Å². The number of nitrogens with zero attached hydrogens (tertiary/aromatic N) is 1. The van der Waals surface area contributed by atoms with Gasteiger partial charge in [0.25, 0.3) is 0 Å².